The van der Waals surface area contributed by atoms with Crippen LogP contribution in [0, 0.1) is 12.7 Å². The molecule has 0 radical (unpaired) electrons. The lowest BCUT2D eigenvalue weighted by atomic mass is 10.1. The molecule has 1 aliphatic rings. The zero-order valence-corrected chi connectivity index (χ0v) is 14.4. The van der Waals surface area contributed by atoms with Crippen molar-refractivity contribution in [1.82, 2.24) is 9.80 Å². The molecule has 0 spiro atoms. The Labute approximate surface area is 146 Å². The van der Waals surface area contributed by atoms with Crippen molar-refractivity contribution < 1.29 is 9.18 Å². The second kappa shape index (κ2) is 7.32. The molecule has 1 fully saturated rings. The van der Waals surface area contributed by atoms with Gasteiger partial charge in [-0.05, 0) is 30.7 Å². The fourth-order valence-electron chi connectivity index (χ4n) is 3.01. The van der Waals surface area contributed by atoms with Gasteiger partial charge in [0.1, 0.15) is 5.82 Å². The Balaban J connectivity index is 1.59. The molecule has 1 saturated heterocycles. The average Bonchev–Trinajstić information content (AvgIpc) is 2.55. The van der Waals surface area contributed by atoms with Gasteiger partial charge in [0, 0.05) is 37.7 Å². The van der Waals surface area contributed by atoms with Crippen LogP contribution < -0.4 is 0 Å². The number of carbonyl (C=O) groups excluding carboxylic acids is 1. The van der Waals surface area contributed by atoms with E-state index < -0.39 is 5.82 Å². The van der Waals surface area contributed by atoms with Crippen molar-refractivity contribution in [2.45, 2.75) is 13.5 Å². The van der Waals surface area contributed by atoms with Crippen molar-refractivity contribution in [1.29, 1.82) is 0 Å². The summed E-state index contributed by atoms with van der Waals surface area (Å²) in [7, 11) is 0. The van der Waals surface area contributed by atoms with Crippen molar-refractivity contribution in [2.24, 2.45) is 0 Å². The summed E-state index contributed by atoms with van der Waals surface area (Å²) in [6.45, 7) is 5.74. The fraction of sp³-hybridized carbons (Fsp3) is 0.316. The van der Waals surface area contributed by atoms with E-state index in [9.17, 15) is 9.18 Å². The quantitative estimate of drug-likeness (QED) is 0.845. The molecule has 2 aromatic carbocycles. The molecule has 24 heavy (non-hydrogen) atoms. The van der Waals surface area contributed by atoms with Crippen LogP contribution in [0.2, 0.25) is 5.02 Å². The smallest absolute Gasteiger partial charge is 0.256 e. The van der Waals surface area contributed by atoms with Crippen LogP contribution in [-0.2, 0) is 6.54 Å². The van der Waals surface area contributed by atoms with Gasteiger partial charge in [0.2, 0.25) is 0 Å². The Kier molecular flexibility index (Phi) is 5.17. The molecule has 0 bridgehead atoms. The first kappa shape index (κ1) is 16.9. The lowest BCUT2D eigenvalue weighted by Gasteiger charge is -2.35. The minimum Gasteiger partial charge on any atom is -0.336 e. The Morgan fingerprint density at radius 3 is 2.54 bits per heavy atom. The molecule has 126 valence electrons. The maximum absolute atomic E-state index is 13.9. The van der Waals surface area contributed by atoms with Gasteiger partial charge in [-0.15, -0.1) is 0 Å². The van der Waals surface area contributed by atoms with Crippen LogP contribution in [0.3, 0.4) is 0 Å². The Bertz CT molecular complexity index is 742. The van der Waals surface area contributed by atoms with E-state index in [1.54, 1.807) is 11.0 Å². The first-order chi connectivity index (χ1) is 11.5. The highest BCUT2D eigenvalue weighted by Crippen LogP contribution is 2.18. The van der Waals surface area contributed by atoms with E-state index in [4.69, 9.17) is 11.6 Å². The zero-order valence-electron chi connectivity index (χ0n) is 13.6. The lowest BCUT2D eigenvalue weighted by Crippen LogP contribution is -2.48. The largest absolute Gasteiger partial charge is 0.336 e. The van der Waals surface area contributed by atoms with Gasteiger partial charge < -0.3 is 4.90 Å². The van der Waals surface area contributed by atoms with E-state index >= 15 is 0 Å². The van der Waals surface area contributed by atoms with Crippen molar-refractivity contribution in [2.75, 3.05) is 26.2 Å². The monoisotopic (exact) mass is 346 g/mol. The molecule has 0 saturated carbocycles. The van der Waals surface area contributed by atoms with Gasteiger partial charge >= 0.3 is 0 Å². The van der Waals surface area contributed by atoms with Gasteiger partial charge in [0.25, 0.3) is 5.91 Å². The lowest BCUT2D eigenvalue weighted by molar-refractivity contribution is 0.0624. The number of amides is 1. The molecule has 1 heterocycles. The predicted octanol–water partition coefficient (Wildman–Crippen LogP) is 3.75. The third-order valence-electron chi connectivity index (χ3n) is 4.31. The molecule has 3 rings (SSSR count). The summed E-state index contributed by atoms with van der Waals surface area (Å²) in [5.41, 5.74) is 2.62. The topological polar surface area (TPSA) is 23.6 Å². The second-order valence-electron chi connectivity index (χ2n) is 6.18. The normalized spacial score (nSPS) is 15.5. The van der Waals surface area contributed by atoms with E-state index in [2.05, 4.69) is 36.1 Å². The molecular formula is C19H20ClFN2O. The Morgan fingerprint density at radius 2 is 1.88 bits per heavy atom. The molecule has 0 atom stereocenters. The Hall–Kier alpha value is -1.91. The predicted molar refractivity (Wildman–Crippen MR) is 93.8 cm³/mol. The van der Waals surface area contributed by atoms with Gasteiger partial charge in [0.15, 0.2) is 0 Å². The molecule has 5 heteroatoms. The molecule has 1 aliphatic heterocycles. The van der Waals surface area contributed by atoms with E-state index in [1.165, 1.54) is 23.3 Å². The molecule has 0 N–H and O–H groups in total. The van der Waals surface area contributed by atoms with Crippen LogP contribution in [0.4, 0.5) is 4.39 Å². The number of rotatable bonds is 3. The van der Waals surface area contributed by atoms with Gasteiger partial charge in [-0.1, -0.05) is 41.4 Å². The number of halogens is 2. The number of piperazine rings is 1. The number of nitrogens with zero attached hydrogens (tertiary/aromatic N) is 2. The molecule has 0 unspecified atom stereocenters. The zero-order chi connectivity index (χ0) is 17.1. The van der Waals surface area contributed by atoms with Crippen molar-refractivity contribution in [3.8, 4) is 0 Å². The minimum absolute atomic E-state index is 0.0894. The summed E-state index contributed by atoms with van der Waals surface area (Å²) >= 11 is 5.74. The standard InChI is InChI=1S/C19H20ClFN2O/c1-14-3-2-4-15(11-14)13-22-7-9-23(10-8-22)19(24)17-6-5-16(20)12-18(17)21/h2-6,11-12H,7-10,13H2,1H3. The van der Waals surface area contributed by atoms with E-state index in [0.29, 0.717) is 18.1 Å². The van der Waals surface area contributed by atoms with E-state index in [1.807, 2.05) is 0 Å². The maximum atomic E-state index is 13.9. The number of benzene rings is 2. The minimum atomic E-state index is -0.560. The SMILES string of the molecule is Cc1cccc(CN2CCN(C(=O)c3ccc(Cl)cc3F)CC2)c1. The van der Waals surface area contributed by atoms with Crippen LogP contribution >= 0.6 is 11.6 Å². The van der Waals surface area contributed by atoms with Crippen LogP contribution in [0.25, 0.3) is 0 Å². The second-order valence-corrected chi connectivity index (χ2v) is 6.62. The van der Waals surface area contributed by atoms with Crippen molar-refractivity contribution in [3.63, 3.8) is 0 Å². The van der Waals surface area contributed by atoms with E-state index in [0.717, 1.165) is 19.6 Å². The summed E-state index contributed by atoms with van der Waals surface area (Å²) < 4.78 is 13.9. The highest BCUT2D eigenvalue weighted by atomic mass is 35.5. The summed E-state index contributed by atoms with van der Waals surface area (Å²) in [5, 5.41) is 0.298. The Morgan fingerprint density at radius 1 is 1.12 bits per heavy atom. The fourth-order valence-corrected chi connectivity index (χ4v) is 3.17. The highest BCUT2D eigenvalue weighted by Gasteiger charge is 2.24. The average molecular weight is 347 g/mol. The van der Waals surface area contributed by atoms with Gasteiger partial charge in [-0.25, -0.2) is 4.39 Å². The highest BCUT2D eigenvalue weighted by molar-refractivity contribution is 6.30. The molecule has 3 nitrogen and oxygen atoms in total. The van der Waals surface area contributed by atoms with Crippen molar-refractivity contribution in [3.05, 3.63) is 70.0 Å². The number of hydrogen-bond donors (Lipinski definition) is 0. The molecule has 0 aliphatic carbocycles. The first-order valence-corrected chi connectivity index (χ1v) is 8.43. The number of hydrogen-bond acceptors (Lipinski definition) is 2. The maximum Gasteiger partial charge on any atom is 0.256 e. The number of aryl methyl sites for hydroxylation is 1. The van der Waals surface area contributed by atoms with Gasteiger partial charge in [0.05, 0.1) is 5.56 Å². The third-order valence-corrected chi connectivity index (χ3v) is 4.54. The molecule has 1 amide bonds. The van der Waals surface area contributed by atoms with Gasteiger partial charge in [-0.2, -0.15) is 0 Å². The molecular weight excluding hydrogens is 327 g/mol. The number of carbonyl (C=O) groups is 1. The van der Waals surface area contributed by atoms with Crippen LogP contribution in [0.15, 0.2) is 42.5 Å². The van der Waals surface area contributed by atoms with Crippen LogP contribution in [0.5, 0.6) is 0 Å². The molecule has 0 aromatic heterocycles. The third kappa shape index (κ3) is 3.94. The van der Waals surface area contributed by atoms with E-state index in [-0.39, 0.29) is 11.5 Å². The van der Waals surface area contributed by atoms with Crippen molar-refractivity contribution >= 4 is 17.5 Å². The van der Waals surface area contributed by atoms with Crippen LogP contribution in [0.1, 0.15) is 21.5 Å². The summed E-state index contributed by atoms with van der Waals surface area (Å²) in [4.78, 5) is 16.5. The molecule has 2 aromatic rings. The summed E-state index contributed by atoms with van der Waals surface area (Å²) in [6.07, 6.45) is 0. The summed E-state index contributed by atoms with van der Waals surface area (Å²) in [5.74, 6) is -0.825. The first-order valence-electron chi connectivity index (χ1n) is 8.05. The summed E-state index contributed by atoms with van der Waals surface area (Å²) in [6, 6.07) is 12.6. The van der Waals surface area contributed by atoms with Crippen LogP contribution in [-0.4, -0.2) is 41.9 Å². The van der Waals surface area contributed by atoms with Gasteiger partial charge in [-0.3, -0.25) is 9.69 Å².